The molecule has 1 aromatic heterocycles. The number of nitrogens with zero attached hydrogens (tertiary/aromatic N) is 1. The third kappa shape index (κ3) is 6.47. The summed E-state index contributed by atoms with van der Waals surface area (Å²) >= 11 is 1.92. The average Bonchev–Trinajstić information content (AvgIpc) is 2.76. The Morgan fingerprint density at radius 1 is 1.33 bits per heavy atom. The largest absolute Gasteiger partial charge is 0.383 e. The lowest BCUT2D eigenvalue weighted by Gasteiger charge is -2.27. The first-order valence-corrected chi connectivity index (χ1v) is 8.81. The fourth-order valence-corrected chi connectivity index (χ4v) is 3.48. The Bertz CT molecular complexity index is 403. The molecular weight excluding hydrogens is 280 g/mol. The molecule has 0 radical (unpaired) electrons. The molecule has 1 N–H and O–H groups in total. The Labute approximate surface area is 134 Å². The molecule has 1 unspecified atom stereocenters. The minimum atomic E-state index is 0.460. The van der Waals surface area contributed by atoms with E-state index in [1.165, 1.54) is 15.3 Å². The first-order valence-electron chi connectivity index (χ1n) is 7.99. The first kappa shape index (κ1) is 18.6. The molecule has 0 aliphatic heterocycles. The number of likely N-dealkylation sites (N-methyl/N-ethyl adjacent to an activating group) is 1. The minimum Gasteiger partial charge on any atom is -0.383 e. The maximum Gasteiger partial charge on any atom is 0.0615 e. The zero-order valence-corrected chi connectivity index (χ0v) is 15.3. The number of hydrogen-bond donors (Lipinski definition) is 1. The lowest BCUT2D eigenvalue weighted by atomic mass is 10.2. The third-order valence-electron chi connectivity index (χ3n) is 3.73. The Morgan fingerprint density at radius 3 is 2.62 bits per heavy atom. The molecule has 1 heterocycles. The Kier molecular flexibility index (Phi) is 8.49. The van der Waals surface area contributed by atoms with Crippen molar-refractivity contribution in [2.24, 2.45) is 5.92 Å². The quantitative estimate of drug-likeness (QED) is 0.713. The minimum absolute atomic E-state index is 0.460. The molecule has 21 heavy (non-hydrogen) atoms. The van der Waals surface area contributed by atoms with Gasteiger partial charge in [-0.05, 0) is 44.5 Å². The zero-order chi connectivity index (χ0) is 15.8. The number of nitrogens with one attached hydrogen (secondary N) is 1. The maximum absolute atomic E-state index is 5.29. The summed E-state index contributed by atoms with van der Waals surface area (Å²) in [6.07, 6.45) is 0. The summed E-state index contributed by atoms with van der Waals surface area (Å²) in [4.78, 5) is 5.36. The van der Waals surface area contributed by atoms with Crippen molar-refractivity contribution in [1.82, 2.24) is 10.2 Å². The maximum atomic E-state index is 5.29. The molecule has 0 amide bonds. The molecule has 0 aromatic carbocycles. The summed E-state index contributed by atoms with van der Waals surface area (Å²) in [5, 5.41) is 3.53. The van der Waals surface area contributed by atoms with Crippen molar-refractivity contribution < 1.29 is 4.74 Å². The lowest BCUT2D eigenvalue weighted by Crippen LogP contribution is -2.35. The van der Waals surface area contributed by atoms with Gasteiger partial charge in [0.15, 0.2) is 0 Å². The van der Waals surface area contributed by atoms with Gasteiger partial charge < -0.3 is 10.1 Å². The van der Waals surface area contributed by atoms with Crippen molar-refractivity contribution in [3.8, 4) is 0 Å². The van der Waals surface area contributed by atoms with Crippen LogP contribution in [0.4, 0.5) is 0 Å². The van der Waals surface area contributed by atoms with E-state index < -0.39 is 0 Å². The second kappa shape index (κ2) is 9.57. The molecule has 4 heteroatoms. The van der Waals surface area contributed by atoms with Crippen molar-refractivity contribution in [2.75, 3.05) is 26.8 Å². The SMILES string of the molecule is CCN(Cc1cc(CNCC(C)C)sc1C)C(C)COC. The van der Waals surface area contributed by atoms with E-state index in [1.807, 2.05) is 11.3 Å². The number of aryl methyl sites for hydroxylation is 1. The van der Waals surface area contributed by atoms with Crippen LogP contribution in [0.5, 0.6) is 0 Å². The van der Waals surface area contributed by atoms with Crippen molar-refractivity contribution in [3.63, 3.8) is 0 Å². The summed E-state index contributed by atoms with van der Waals surface area (Å²) in [5.41, 5.74) is 1.46. The van der Waals surface area contributed by atoms with E-state index in [0.29, 0.717) is 12.0 Å². The van der Waals surface area contributed by atoms with Crippen LogP contribution in [0.1, 0.15) is 43.0 Å². The monoisotopic (exact) mass is 312 g/mol. The van der Waals surface area contributed by atoms with Crippen LogP contribution in [-0.4, -0.2) is 37.7 Å². The molecule has 3 nitrogen and oxygen atoms in total. The van der Waals surface area contributed by atoms with E-state index in [2.05, 4.69) is 50.9 Å². The van der Waals surface area contributed by atoms with Crippen LogP contribution in [0.25, 0.3) is 0 Å². The van der Waals surface area contributed by atoms with Crippen molar-refractivity contribution in [3.05, 3.63) is 21.4 Å². The van der Waals surface area contributed by atoms with Crippen LogP contribution in [0, 0.1) is 12.8 Å². The number of hydrogen-bond acceptors (Lipinski definition) is 4. The van der Waals surface area contributed by atoms with Crippen molar-refractivity contribution >= 4 is 11.3 Å². The van der Waals surface area contributed by atoms with Crippen LogP contribution in [0.2, 0.25) is 0 Å². The summed E-state index contributed by atoms with van der Waals surface area (Å²) < 4.78 is 5.29. The van der Waals surface area contributed by atoms with E-state index in [9.17, 15) is 0 Å². The van der Waals surface area contributed by atoms with Gasteiger partial charge >= 0.3 is 0 Å². The second-order valence-electron chi connectivity index (χ2n) is 6.19. The molecule has 1 rings (SSSR count). The highest BCUT2D eigenvalue weighted by Gasteiger charge is 2.15. The predicted octanol–water partition coefficient (Wildman–Crippen LogP) is 3.66. The summed E-state index contributed by atoms with van der Waals surface area (Å²) in [6, 6.07) is 2.83. The fraction of sp³-hybridized carbons (Fsp3) is 0.765. The molecule has 1 atom stereocenters. The van der Waals surface area contributed by atoms with Gasteiger partial charge in [-0.25, -0.2) is 0 Å². The molecule has 0 saturated carbocycles. The van der Waals surface area contributed by atoms with E-state index >= 15 is 0 Å². The molecule has 0 saturated heterocycles. The highest BCUT2D eigenvalue weighted by Crippen LogP contribution is 2.23. The first-order chi connectivity index (χ1) is 9.97. The van der Waals surface area contributed by atoms with Crippen LogP contribution >= 0.6 is 11.3 Å². The summed E-state index contributed by atoms with van der Waals surface area (Å²) in [6.45, 7) is 16.1. The van der Waals surface area contributed by atoms with Gasteiger partial charge in [0.05, 0.1) is 6.61 Å². The Hall–Kier alpha value is -0.420. The van der Waals surface area contributed by atoms with Gasteiger partial charge in [0.25, 0.3) is 0 Å². The lowest BCUT2D eigenvalue weighted by molar-refractivity contribution is 0.0981. The third-order valence-corrected chi connectivity index (χ3v) is 4.83. The van der Waals surface area contributed by atoms with Crippen molar-refractivity contribution in [2.45, 2.75) is 53.8 Å². The van der Waals surface area contributed by atoms with E-state index in [4.69, 9.17) is 4.74 Å². The molecule has 0 aliphatic rings. The Morgan fingerprint density at radius 2 is 2.05 bits per heavy atom. The molecule has 1 aromatic rings. The van der Waals surface area contributed by atoms with Gasteiger partial charge in [-0.1, -0.05) is 20.8 Å². The van der Waals surface area contributed by atoms with E-state index in [-0.39, 0.29) is 0 Å². The number of thiophene rings is 1. The summed E-state index contributed by atoms with van der Waals surface area (Å²) in [5.74, 6) is 0.705. The number of methoxy groups -OCH3 is 1. The molecule has 0 aliphatic carbocycles. The van der Waals surface area contributed by atoms with Gasteiger partial charge in [-0.15, -0.1) is 11.3 Å². The van der Waals surface area contributed by atoms with Crippen LogP contribution < -0.4 is 5.32 Å². The van der Waals surface area contributed by atoms with Gasteiger partial charge in [0, 0.05) is 36.0 Å². The zero-order valence-electron chi connectivity index (χ0n) is 14.5. The summed E-state index contributed by atoms with van der Waals surface area (Å²) in [7, 11) is 1.78. The van der Waals surface area contributed by atoms with Gasteiger partial charge in [0.1, 0.15) is 0 Å². The topological polar surface area (TPSA) is 24.5 Å². The molecule has 0 spiro atoms. The van der Waals surface area contributed by atoms with Crippen LogP contribution in [-0.2, 0) is 17.8 Å². The second-order valence-corrected chi connectivity index (χ2v) is 7.53. The highest BCUT2D eigenvalue weighted by atomic mass is 32.1. The normalized spacial score (nSPS) is 13.3. The van der Waals surface area contributed by atoms with Crippen LogP contribution in [0.15, 0.2) is 6.07 Å². The number of rotatable bonds is 10. The van der Waals surface area contributed by atoms with Crippen LogP contribution in [0.3, 0.4) is 0 Å². The molecule has 0 bridgehead atoms. The van der Waals surface area contributed by atoms with Gasteiger partial charge in [-0.3, -0.25) is 4.90 Å². The fourth-order valence-electron chi connectivity index (χ4n) is 2.46. The van der Waals surface area contributed by atoms with Gasteiger partial charge in [-0.2, -0.15) is 0 Å². The van der Waals surface area contributed by atoms with Crippen molar-refractivity contribution in [1.29, 1.82) is 0 Å². The standard InChI is InChI=1S/C17H32N2OS/c1-7-19(14(4)12-20-6)11-16-8-17(21-15(16)5)10-18-9-13(2)3/h8,13-14,18H,7,9-12H2,1-6H3. The predicted molar refractivity (Wildman–Crippen MR) is 93.0 cm³/mol. The van der Waals surface area contributed by atoms with E-state index in [1.54, 1.807) is 7.11 Å². The van der Waals surface area contributed by atoms with E-state index in [0.717, 1.165) is 32.8 Å². The average molecular weight is 313 g/mol. The highest BCUT2D eigenvalue weighted by molar-refractivity contribution is 7.12. The molecular formula is C17H32N2OS. The van der Waals surface area contributed by atoms with Gasteiger partial charge in [0.2, 0.25) is 0 Å². The molecule has 0 fully saturated rings. The number of ether oxygens (including phenoxy) is 1. The Balaban J connectivity index is 2.60. The molecule has 122 valence electrons. The smallest absolute Gasteiger partial charge is 0.0615 e.